The van der Waals surface area contributed by atoms with Crippen LogP contribution >= 0.6 is 0 Å². The molecule has 3 atom stereocenters. The molecule has 2 unspecified atom stereocenters. The third kappa shape index (κ3) is 37.4. The van der Waals surface area contributed by atoms with Crippen molar-refractivity contribution in [2.24, 2.45) is 21.9 Å². The molecule has 0 aromatic rings. The van der Waals surface area contributed by atoms with Gasteiger partial charge in [0.15, 0.2) is 0 Å². The summed E-state index contributed by atoms with van der Waals surface area (Å²) in [4.78, 5) is 10.0. The molecule has 0 fully saturated rings. The molecule has 16 heavy (non-hydrogen) atoms. The quantitative estimate of drug-likeness (QED) is 0.401. The van der Waals surface area contributed by atoms with E-state index in [2.05, 4.69) is 10.3 Å². The first-order valence-electron chi connectivity index (χ1n) is 3.68. The van der Waals surface area contributed by atoms with Crippen molar-refractivity contribution in [3.8, 4) is 0 Å². The highest BCUT2D eigenvalue weighted by Crippen LogP contribution is 1.96. The van der Waals surface area contributed by atoms with E-state index in [0.717, 1.165) is 0 Å². The Morgan fingerprint density at radius 3 is 1.38 bits per heavy atom. The van der Waals surface area contributed by atoms with Crippen LogP contribution in [0.3, 0.4) is 0 Å². The molecule has 0 aliphatic carbocycles. The Balaban J connectivity index is -0.000000179. The second kappa shape index (κ2) is 12.6. The largest absolute Gasteiger partial charge is 0.760 e. The lowest BCUT2D eigenvalue weighted by molar-refractivity contribution is -0.139. The van der Waals surface area contributed by atoms with Gasteiger partial charge in [0.05, 0.1) is 0 Å². The topological polar surface area (TPSA) is 196 Å². The van der Waals surface area contributed by atoms with Gasteiger partial charge in [-0.1, -0.05) is 13.8 Å². The SMILES string of the molecule is CC(C)[C@H](N)C(=O)O.NS(=O)[O-].NS(=O)[O-]. The lowest BCUT2D eigenvalue weighted by Crippen LogP contribution is -2.34. The van der Waals surface area contributed by atoms with E-state index >= 15 is 0 Å². The second-order valence-corrected chi connectivity index (χ2v) is 3.67. The van der Waals surface area contributed by atoms with Gasteiger partial charge in [0.2, 0.25) is 0 Å². The van der Waals surface area contributed by atoms with Crippen molar-refractivity contribution in [1.29, 1.82) is 0 Å². The van der Waals surface area contributed by atoms with Crippen molar-refractivity contribution in [3.05, 3.63) is 0 Å². The fraction of sp³-hybridized carbons (Fsp3) is 0.800. The number of aliphatic carboxylic acids is 1. The Morgan fingerprint density at radius 2 is 1.38 bits per heavy atom. The lowest BCUT2D eigenvalue weighted by Gasteiger charge is -2.07. The number of hydrogen-bond donors (Lipinski definition) is 4. The lowest BCUT2D eigenvalue weighted by atomic mass is 10.1. The van der Waals surface area contributed by atoms with Crippen LogP contribution < -0.4 is 16.0 Å². The molecule has 0 saturated carbocycles. The maximum Gasteiger partial charge on any atom is 0.320 e. The van der Waals surface area contributed by atoms with Crippen molar-refractivity contribution in [2.75, 3.05) is 0 Å². The summed E-state index contributed by atoms with van der Waals surface area (Å²) in [5, 5.41) is 16.3. The maximum atomic E-state index is 10.0. The first-order chi connectivity index (χ1) is 7.02. The highest BCUT2D eigenvalue weighted by Gasteiger charge is 2.14. The molecule has 0 amide bonds. The third-order valence-corrected chi connectivity index (χ3v) is 1.00. The van der Waals surface area contributed by atoms with Gasteiger partial charge in [-0.25, -0.2) is 0 Å². The molecule has 0 aromatic heterocycles. The molecule has 0 aliphatic heterocycles. The normalized spacial score (nSPS) is 14.8. The smallest absolute Gasteiger partial charge is 0.320 e. The van der Waals surface area contributed by atoms with Crippen molar-refractivity contribution < 1.29 is 27.4 Å². The molecular formula is C5H15N3O6S2-2. The Kier molecular flexibility index (Phi) is 16.5. The monoisotopic (exact) mass is 277 g/mol. The minimum atomic E-state index is -2.36. The van der Waals surface area contributed by atoms with Gasteiger partial charge in [-0.3, -0.25) is 23.5 Å². The fourth-order valence-corrected chi connectivity index (χ4v) is 0.285. The van der Waals surface area contributed by atoms with Gasteiger partial charge in [-0.2, -0.15) is 0 Å². The molecule has 11 heteroatoms. The molecule has 7 N–H and O–H groups in total. The van der Waals surface area contributed by atoms with E-state index in [-0.39, 0.29) is 5.92 Å². The molecule has 9 nitrogen and oxygen atoms in total. The number of hydrogen-bond acceptors (Lipinski definition) is 6. The highest BCUT2D eigenvalue weighted by molar-refractivity contribution is 7.76. The van der Waals surface area contributed by atoms with Gasteiger partial charge in [0.1, 0.15) is 6.04 Å². The Bertz CT molecular complexity index is 216. The van der Waals surface area contributed by atoms with E-state index in [1.54, 1.807) is 13.8 Å². The molecule has 0 spiro atoms. The summed E-state index contributed by atoms with van der Waals surface area (Å²) in [6, 6.07) is -0.713. The van der Waals surface area contributed by atoms with Crippen LogP contribution in [0.15, 0.2) is 0 Å². The summed E-state index contributed by atoms with van der Waals surface area (Å²) < 4.78 is 35.1. The van der Waals surface area contributed by atoms with Gasteiger partial charge >= 0.3 is 5.97 Å². The average molecular weight is 277 g/mol. The second-order valence-electron chi connectivity index (χ2n) is 2.63. The van der Waals surface area contributed by atoms with E-state index in [4.69, 9.17) is 28.4 Å². The van der Waals surface area contributed by atoms with Gasteiger partial charge in [-0.15, -0.1) is 0 Å². The minimum Gasteiger partial charge on any atom is -0.760 e. The molecule has 0 bridgehead atoms. The Hall–Kier alpha value is -0.430. The zero-order valence-electron chi connectivity index (χ0n) is 8.69. The van der Waals surface area contributed by atoms with Crippen LogP contribution in [0.5, 0.6) is 0 Å². The summed E-state index contributed by atoms with van der Waals surface area (Å²) in [6.45, 7) is 3.55. The summed E-state index contributed by atoms with van der Waals surface area (Å²) in [5.41, 5.74) is 5.16. The molecule has 0 heterocycles. The van der Waals surface area contributed by atoms with E-state index < -0.39 is 34.5 Å². The van der Waals surface area contributed by atoms with Gasteiger partial charge < -0.3 is 19.9 Å². The minimum absolute atomic E-state index is 0.0208. The zero-order chi connectivity index (χ0) is 13.9. The third-order valence-electron chi connectivity index (χ3n) is 1.00. The van der Waals surface area contributed by atoms with Gasteiger partial charge in [-0.05, 0) is 5.92 Å². The van der Waals surface area contributed by atoms with Crippen LogP contribution in [0.25, 0.3) is 0 Å². The average Bonchev–Trinajstić information content (AvgIpc) is 2.00. The van der Waals surface area contributed by atoms with E-state index in [9.17, 15) is 4.79 Å². The fourth-order valence-electron chi connectivity index (χ4n) is 0.285. The molecule has 0 aromatic carbocycles. The molecule has 0 aliphatic rings. The van der Waals surface area contributed by atoms with Crippen LogP contribution in [0, 0.1) is 5.92 Å². The first kappa shape index (κ1) is 20.9. The van der Waals surface area contributed by atoms with Crippen LogP contribution in [-0.2, 0) is 27.3 Å². The van der Waals surface area contributed by atoms with Crippen molar-refractivity contribution >= 4 is 28.5 Å². The zero-order valence-corrected chi connectivity index (χ0v) is 10.3. The summed E-state index contributed by atoms with van der Waals surface area (Å²) in [6.07, 6.45) is 0. The highest BCUT2D eigenvalue weighted by atomic mass is 32.2. The predicted molar refractivity (Wildman–Crippen MR) is 56.7 cm³/mol. The number of carbonyl (C=O) groups is 1. The molecule has 100 valence electrons. The van der Waals surface area contributed by atoms with Gasteiger partial charge in [0, 0.05) is 22.5 Å². The van der Waals surface area contributed by atoms with Crippen LogP contribution in [0.1, 0.15) is 13.8 Å². The summed E-state index contributed by atoms with van der Waals surface area (Å²) in [5.74, 6) is -0.910. The summed E-state index contributed by atoms with van der Waals surface area (Å²) >= 11 is -4.72. The molecule has 0 radical (unpaired) electrons. The van der Waals surface area contributed by atoms with E-state index in [1.807, 2.05) is 0 Å². The summed E-state index contributed by atoms with van der Waals surface area (Å²) in [7, 11) is 0. The van der Waals surface area contributed by atoms with E-state index in [0.29, 0.717) is 0 Å². The number of carboxylic acid groups (broad SMARTS) is 1. The van der Waals surface area contributed by atoms with Crippen molar-refractivity contribution in [3.63, 3.8) is 0 Å². The predicted octanol–water partition coefficient (Wildman–Crippen LogP) is -2.47. The van der Waals surface area contributed by atoms with Crippen molar-refractivity contribution in [1.82, 2.24) is 0 Å². The van der Waals surface area contributed by atoms with E-state index in [1.165, 1.54) is 0 Å². The van der Waals surface area contributed by atoms with Gasteiger partial charge in [0.25, 0.3) is 0 Å². The first-order valence-corrected chi connectivity index (χ1v) is 5.95. The number of carboxylic acids is 1. The number of nitrogens with two attached hydrogens (primary N) is 3. The molecular weight excluding hydrogens is 262 g/mol. The van der Waals surface area contributed by atoms with Crippen LogP contribution in [-0.4, -0.2) is 34.6 Å². The number of rotatable bonds is 2. The van der Waals surface area contributed by atoms with Crippen molar-refractivity contribution in [2.45, 2.75) is 19.9 Å². The standard InChI is InChI=1S/C5H11NO2.2H3NO2S/c1-3(2)4(6)5(7)8;2*1-4(2)3/h3-4H,6H2,1-2H3,(H,7,8);2*1H2,(H,2,3)/p-2/t4-;;/m0../s1. The molecule has 0 saturated heterocycles. The Labute approximate surface area is 98.2 Å². The molecule has 0 rings (SSSR count). The van der Waals surface area contributed by atoms with Crippen LogP contribution in [0.2, 0.25) is 0 Å². The Morgan fingerprint density at radius 1 is 1.19 bits per heavy atom. The maximum absolute atomic E-state index is 10.0. The van der Waals surface area contributed by atoms with Crippen LogP contribution in [0.4, 0.5) is 0 Å².